The first-order valence-corrected chi connectivity index (χ1v) is 7.67. The van der Waals surface area contributed by atoms with Gasteiger partial charge in [-0.05, 0) is 54.6 Å². The van der Waals surface area contributed by atoms with Gasteiger partial charge in [0, 0.05) is 24.2 Å². The SMILES string of the molecule is CN1CC(=Cc2ccc(F)cc2)C(=O)C(=Cc2ccc(F)cc2)C1.Cl. The van der Waals surface area contributed by atoms with Crippen molar-refractivity contribution in [3.8, 4) is 0 Å². The molecule has 1 aliphatic heterocycles. The van der Waals surface area contributed by atoms with Crippen molar-refractivity contribution in [2.24, 2.45) is 0 Å². The van der Waals surface area contributed by atoms with Crippen molar-refractivity contribution in [3.05, 3.63) is 82.4 Å². The third-order valence-electron chi connectivity index (χ3n) is 3.89. The lowest BCUT2D eigenvalue weighted by Crippen LogP contribution is -2.34. The van der Waals surface area contributed by atoms with Crippen LogP contribution in [0, 0.1) is 11.6 Å². The zero-order chi connectivity index (χ0) is 17.1. The summed E-state index contributed by atoms with van der Waals surface area (Å²) < 4.78 is 26.0. The van der Waals surface area contributed by atoms with Crippen molar-refractivity contribution in [2.75, 3.05) is 20.1 Å². The van der Waals surface area contributed by atoms with Crippen LogP contribution in [0.3, 0.4) is 0 Å². The van der Waals surface area contributed by atoms with Crippen LogP contribution >= 0.6 is 12.4 Å². The van der Waals surface area contributed by atoms with E-state index in [2.05, 4.69) is 0 Å². The van der Waals surface area contributed by atoms with E-state index in [1.165, 1.54) is 24.3 Å². The number of halogens is 3. The van der Waals surface area contributed by atoms with Gasteiger partial charge in [-0.1, -0.05) is 24.3 Å². The molecular formula is C20H18ClF2NO. The minimum atomic E-state index is -0.305. The van der Waals surface area contributed by atoms with Gasteiger partial charge in [-0.3, -0.25) is 9.69 Å². The van der Waals surface area contributed by atoms with E-state index in [0.29, 0.717) is 24.2 Å². The molecule has 1 saturated heterocycles. The first kappa shape index (κ1) is 19.0. The van der Waals surface area contributed by atoms with Crippen molar-refractivity contribution >= 4 is 30.3 Å². The van der Waals surface area contributed by atoms with Crippen LogP contribution in [0.4, 0.5) is 8.78 Å². The molecule has 3 rings (SSSR count). The fourth-order valence-corrected chi connectivity index (χ4v) is 2.73. The number of piperidine rings is 1. The average Bonchev–Trinajstić information content (AvgIpc) is 2.56. The van der Waals surface area contributed by atoms with E-state index in [1.807, 2.05) is 11.9 Å². The molecule has 2 aromatic rings. The molecule has 0 aliphatic carbocycles. The monoisotopic (exact) mass is 361 g/mol. The summed E-state index contributed by atoms with van der Waals surface area (Å²) in [6.45, 7) is 1.08. The molecule has 1 heterocycles. The average molecular weight is 362 g/mol. The fourth-order valence-electron chi connectivity index (χ4n) is 2.73. The van der Waals surface area contributed by atoms with Gasteiger partial charge in [0.15, 0.2) is 5.78 Å². The second-order valence-corrected chi connectivity index (χ2v) is 5.94. The highest BCUT2D eigenvalue weighted by molar-refractivity contribution is 6.14. The molecule has 1 aliphatic rings. The zero-order valence-electron chi connectivity index (χ0n) is 13.7. The molecule has 0 saturated carbocycles. The van der Waals surface area contributed by atoms with Gasteiger partial charge in [0.2, 0.25) is 0 Å². The van der Waals surface area contributed by atoms with Crippen LogP contribution in [-0.4, -0.2) is 30.8 Å². The molecule has 2 nitrogen and oxygen atoms in total. The Morgan fingerprint density at radius 1 is 0.800 bits per heavy atom. The first-order chi connectivity index (χ1) is 11.5. The maximum absolute atomic E-state index is 13.0. The van der Waals surface area contributed by atoms with E-state index < -0.39 is 0 Å². The maximum atomic E-state index is 13.0. The number of likely N-dealkylation sites (tertiary alicyclic amines) is 1. The van der Waals surface area contributed by atoms with E-state index in [4.69, 9.17) is 0 Å². The van der Waals surface area contributed by atoms with Crippen LogP contribution in [0.2, 0.25) is 0 Å². The van der Waals surface area contributed by atoms with Crippen LogP contribution in [0.1, 0.15) is 11.1 Å². The van der Waals surface area contributed by atoms with Crippen molar-refractivity contribution in [2.45, 2.75) is 0 Å². The van der Waals surface area contributed by atoms with Gasteiger partial charge >= 0.3 is 0 Å². The van der Waals surface area contributed by atoms with Crippen molar-refractivity contribution in [3.63, 3.8) is 0 Å². The number of carbonyl (C=O) groups is 1. The first-order valence-electron chi connectivity index (χ1n) is 7.67. The molecule has 0 atom stereocenters. The molecule has 0 aromatic heterocycles. The number of rotatable bonds is 2. The molecule has 0 bridgehead atoms. The van der Waals surface area contributed by atoms with Crippen LogP contribution in [0.25, 0.3) is 12.2 Å². The number of nitrogens with zero attached hydrogens (tertiary/aromatic N) is 1. The smallest absolute Gasteiger partial charge is 0.187 e. The molecule has 0 N–H and O–H groups in total. The highest BCUT2D eigenvalue weighted by atomic mass is 35.5. The number of likely N-dealkylation sites (N-methyl/N-ethyl adjacent to an activating group) is 1. The highest BCUT2D eigenvalue weighted by Crippen LogP contribution is 2.21. The van der Waals surface area contributed by atoms with Gasteiger partial charge in [0.05, 0.1) is 0 Å². The Balaban J connectivity index is 0.00000225. The molecule has 25 heavy (non-hydrogen) atoms. The summed E-state index contributed by atoms with van der Waals surface area (Å²) in [6.07, 6.45) is 3.58. The van der Waals surface area contributed by atoms with Gasteiger partial charge in [-0.15, -0.1) is 12.4 Å². The minimum absolute atomic E-state index is 0. The zero-order valence-corrected chi connectivity index (χ0v) is 14.5. The number of Topliss-reactive ketones (excluding diaryl/α,β-unsaturated/α-hetero) is 1. The fraction of sp³-hybridized carbons (Fsp3) is 0.150. The standard InChI is InChI=1S/C20H17F2NO.ClH/c1-23-12-16(10-14-2-6-18(21)7-3-14)20(24)17(13-23)11-15-4-8-19(22)9-5-15;/h2-11H,12-13H2,1H3;1H. The van der Waals surface area contributed by atoms with Gasteiger partial charge in [0.25, 0.3) is 0 Å². The summed E-state index contributed by atoms with van der Waals surface area (Å²) in [4.78, 5) is 14.7. The van der Waals surface area contributed by atoms with Gasteiger partial charge < -0.3 is 0 Å². The minimum Gasteiger partial charge on any atom is -0.298 e. The highest BCUT2D eigenvalue weighted by Gasteiger charge is 2.23. The molecule has 0 amide bonds. The summed E-state index contributed by atoms with van der Waals surface area (Å²) in [7, 11) is 1.93. The second-order valence-electron chi connectivity index (χ2n) is 5.94. The Bertz CT molecular complexity index is 743. The summed E-state index contributed by atoms with van der Waals surface area (Å²) in [5, 5.41) is 0. The number of ketones is 1. The van der Waals surface area contributed by atoms with Gasteiger partial charge in [-0.2, -0.15) is 0 Å². The quantitative estimate of drug-likeness (QED) is 0.740. The number of benzene rings is 2. The lowest BCUT2D eigenvalue weighted by molar-refractivity contribution is -0.113. The second kappa shape index (κ2) is 8.19. The summed E-state index contributed by atoms with van der Waals surface area (Å²) >= 11 is 0. The van der Waals surface area contributed by atoms with Gasteiger partial charge in [-0.25, -0.2) is 8.78 Å². The lowest BCUT2D eigenvalue weighted by Gasteiger charge is -2.26. The van der Waals surface area contributed by atoms with E-state index in [0.717, 1.165) is 11.1 Å². The molecule has 0 spiro atoms. The van der Waals surface area contributed by atoms with Crippen molar-refractivity contribution < 1.29 is 13.6 Å². The predicted molar refractivity (Wildman–Crippen MR) is 98.5 cm³/mol. The molecule has 130 valence electrons. The van der Waals surface area contributed by atoms with Crippen molar-refractivity contribution in [1.29, 1.82) is 0 Å². The maximum Gasteiger partial charge on any atom is 0.187 e. The summed E-state index contributed by atoms with van der Waals surface area (Å²) in [5.74, 6) is -0.635. The Labute approximate surface area is 151 Å². The normalized spacial score (nSPS) is 18.4. The third kappa shape index (κ3) is 4.84. The predicted octanol–water partition coefficient (Wildman–Crippen LogP) is 4.37. The molecule has 0 unspecified atom stereocenters. The number of carbonyl (C=O) groups excluding carboxylic acids is 1. The molecule has 0 radical (unpaired) electrons. The van der Waals surface area contributed by atoms with Crippen LogP contribution in [0.5, 0.6) is 0 Å². The van der Waals surface area contributed by atoms with Crippen LogP contribution in [-0.2, 0) is 4.79 Å². The van der Waals surface area contributed by atoms with E-state index >= 15 is 0 Å². The van der Waals surface area contributed by atoms with E-state index in [9.17, 15) is 13.6 Å². The van der Waals surface area contributed by atoms with E-state index in [1.54, 1.807) is 36.4 Å². The Morgan fingerprint density at radius 2 is 1.16 bits per heavy atom. The Hall–Kier alpha value is -2.30. The number of hydrogen-bond donors (Lipinski definition) is 0. The lowest BCUT2D eigenvalue weighted by atomic mass is 9.94. The van der Waals surface area contributed by atoms with Crippen molar-refractivity contribution in [1.82, 2.24) is 4.90 Å². The van der Waals surface area contributed by atoms with E-state index in [-0.39, 0.29) is 29.8 Å². The largest absolute Gasteiger partial charge is 0.298 e. The van der Waals surface area contributed by atoms with Crippen LogP contribution < -0.4 is 0 Å². The summed E-state index contributed by atoms with van der Waals surface area (Å²) in [6, 6.07) is 12.1. The van der Waals surface area contributed by atoms with Gasteiger partial charge in [0.1, 0.15) is 11.6 Å². The molecule has 2 aromatic carbocycles. The molecule has 5 heteroatoms. The van der Waals surface area contributed by atoms with Crippen LogP contribution in [0.15, 0.2) is 59.7 Å². The molecule has 1 fully saturated rings. The number of hydrogen-bond acceptors (Lipinski definition) is 2. The Morgan fingerprint density at radius 3 is 1.52 bits per heavy atom. The third-order valence-corrected chi connectivity index (χ3v) is 3.89. The topological polar surface area (TPSA) is 20.3 Å². The Kier molecular flexibility index (Phi) is 6.23. The molecular weight excluding hydrogens is 344 g/mol. The summed E-state index contributed by atoms with van der Waals surface area (Å²) in [5.41, 5.74) is 2.89.